The normalized spacial score (nSPS) is 22.2. The van der Waals surface area contributed by atoms with Crippen LogP contribution in [-0.4, -0.2) is 30.1 Å². The number of carbonyl (C=O) groups excluding carboxylic acids is 2. The molecule has 3 atom stereocenters. The zero-order chi connectivity index (χ0) is 24.4. The average Bonchev–Trinajstić information content (AvgIpc) is 3.33. The molecule has 0 fully saturated rings. The summed E-state index contributed by atoms with van der Waals surface area (Å²) >= 11 is 1.64. The van der Waals surface area contributed by atoms with Crippen LogP contribution in [0.1, 0.15) is 56.4 Å². The highest BCUT2D eigenvalue weighted by Crippen LogP contribution is 2.47. The Morgan fingerprint density at radius 1 is 1.26 bits per heavy atom. The number of fused-ring (bicyclic) bond motifs is 1. The topological polar surface area (TPSA) is 84.9 Å². The Hall–Kier alpha value is -3.06. The van der Waals surface area contributed by atoms with Crippen molar-refractivity contribution >= 4 is 23.1 Å². The first-order chi connectivity index (χ1) is 16.3. The van der Waals surface area contributed by atoms with Gasteiger partial charge in [-0.15, -0.1) is 11.3 Å². The second kappa shape index (κ2) is 10.1. The zero-order valence-corrected chi connectivity index (χ0v) is 20.8. The Morgan fingerprint density at radius 3 is 2.74 bits per heavy atom. The molecule has 1 aromatic heterocycles. The molecule has 1 aromatic carbocycles. The number of benzene rings is 1. The third-order valence-corrected chi connectivity index (χ3v) is 7.19. The minimum absolute atomic E-state index is 0.00736. The molecular formula is C27H31NO5S. The first-order valence-corrected chi connectivity index (χ1v) is 12.6. The molecule has 0 bridgehead atoms. The second-order valence-corrected chi connectivity index (χ2v) is 10.2. The van der Waals surface area contributed by atoms with Crippen molar-refractivity contribution in [2.75, 3.05) is 13.2 Å². The van der Waals surface area contributed by atoms with E-state index in [1.807, 2.05) is 45.2 Å². The molecule has 0 saturated carbocycles. The summed E-state index contributed by atoms with van der Waals surface area (Å²) in [7, 11) is 0. The molecule has 4 rings (SSSR count). The number of Topliss-reactive ketones (excluding diaryl/α,β-unsaturated/α-hetero) is 1. The summed E-state index contributed by atoms with van der Waals surface area (Å²) in [6, 6.07) is 9.08. The highest BCUT2D eigenvalue weighted by molar-refractivity contribution is 7.10. The van der Waals surface area contributed by atoms with E-state index >= 15 is 0 Å². The van der Waals surface area contributed by atoms with Gasteiger partial charge >= 0.3 is 5.97 Å². The van der Waals surface area contributed by atoms with Gasteiger partial charge in [0.25, 0.3) is 0 Å². The maximum atomic E-state index is 13.6. The van der Waals surface area contributed by atoms with Crippen LogP contribution in [0, 0.1) is 11.8 Å². The molecular weight excluding hydrogens is 450 g/mol. The molecule has 1 aliphatic heterocycles. The summed E-state index contributed by atoms with van der Waals surface area (Å²) < 4.78 is 11.2. The van der Waals surface area contributed by atoms with Crippen LogP contribution < -0.4 is 10.1 Å². The van der Waals surface area contributed by atoms with Crippen LogP contribution in [0.25, 0.3) is 0 Å². The molecule has 34 heavy (non-hydrogen) atoms. The van der Waals surface area contributed by atoms with Gasteiger partial charge in [-0.3, -0.25) is 4.79 Å². The van der Waals surface area contributed by atoms with E-state index in [0.717, 1.165) is 16.1 Å². The number of carbonyl (C=O) groups is 2. The Morgan fingerprint density at radius 2 is 2.06 bits per heavy atom. The van der Waals surface area contributed by atoms with Crippen molar-refractivity contribution in [3.05, 3.63) is 69.2 Å². The van der Waals surface area contributed by atoms with Gasteiger partial charge in [0.15, 0.2) is 11.5 Å². The van der Waals surface area contributed by atoms with E-state index in [1.54, 1.807) is 29.5 Å². The van der Waals surface area contributed by atoms with Crippen molar-refractivity contribution in [2.45, 2.75) is 46.0 Å². The fourth-order valence-electron chi connectivity index (χ4n) is 4.70. The fourth-order valence-corrected chi connectivity index (χ4v) is 5.50. The predicted octanol–water partition coefficient (Wildman–Crippen LogP) is 5.27. The molecule has 1 aliphatic carbocycles. The highest BCUT2D eigenvalue weighted by Gasteiger charge is 2.45. The van der Waals surface area contributed by atoms with Gasteiger partial charge in [-0.25, -0.2) is 4.79 Å². The fraction of sp³-hybridized carbons (Fsp3) is 0.407. The van der Waals surface area contributed by atoms with Crippen molar-refractivity contribution in [3.63, 3.8) is 0 Å². The molecule has 2 aliphatic rings. The Labute approximate surface area is 204 Å². The quantitative estimate of drug-likeness (QED) is 0.524. The van der Waals surface area contributed by atoms with Crippen LogP contribution in [-0.2, 0) is 14.3 Å². The third-order valence-electron chi connectivity index (χ3n) is 6.18. The van der Waals surface area contributed by atoms with Crippen LogP contribution in [0.2, 0.25) is 0 Å². The number of allylic oxidation sites excluding steroid dienone is 3. The Kier molecular flexibility index (Phi) is 7.12. The van der Waals surface area contributed by atoms with Crippen molar-refractivity contribution in [2.24, 2.45) is 11.8 Å². The first kappa shape index (κ1) is 24.1. The van der Waals surface area contributed by atoms with Gasteiger partial charge in [-0.2, -0.15) is 0 Å². The molecule has 0 saturated heterocycles. The van der Waals surface area contributed by atoms with Crippen LogP contribution in [0.15, 0.2) is 58.8 Å². The molecule has 6 nitrogen and oxygen atoms in total. The molecule has 7 heteroatoms. The Balaban J connectivity index is 1.82. The number of ketones is 1. The monoisotopic (exact) mass is 481 g/mol. The number of aromatic hydroxyl groups is 1. The Bertz CT molecular complexity index is 1130. The molecule has 0 radical (unpaired) electrons. The van der Waals surface area contributed by atoms with Gasteiger partial charge < -0.3 is 19.9 Å². The number of hydrogen-bond donors (Lipinski definition) is 2. The summed E-state index contributed by atoms with van der Waals surface area (Å²) in [4.78, 5) is 28.0. The number of phenols is 1. The molecule has 180 valence electrons. The van der Waals surface area contributed by atoms with E-state index in [0.29, 0.717) is 36.7 Å². The second-order valence-electron chi connectivity index (χ2n) is 9.19. The van der Waals surface area contributed by atoms with Crippen molar-refractivity contribution in [3.8, 4) is 11.5 Å². The lowest BCUT2D eigenvalue weighted by Crippen LogP contribution is -2.42. The predicted molar refractivity (Wildman–Crippen MR) is 132 cm³/mol. The van der Waals surface area contributed by atoms with E-state index < -0.39 is 17.8 Å². The lowest BCUT2D eigenvalue weighted by Gasteiger charge is -2.39. The summed E-state index contributed by atoms with van der Waals surface area (Å²) in [5.41, 5.74) is 2.66. The number of rotatable bonds is 7. The van der Waals surface area contributed by atoms with Crippen LogP contribution in [0.3, 0.4) is 0 Å². The van der Waals surface area contributed by atoms with E-state index in [9.17, 15) is 14.7 Å². The standard InChI is InChI=1S/C27H31NO5S/c1-5-32-22-13-17(8-9-20(22)29)25-24(27(31)33-14-15(2)3)16(4)28-19-11-18(12-21(30)26(19)25)23-7-6-10-34-23/h6-11,13,15,18,25-26,28-29H,5,12,14H2,1-4H3. The van der Waals surface area contributed by atoms with E-state index in [1.165, 1.54) is 0 Å². The van der Waals surface area contributed by atoms with Crippen LogP contribution in [0.4, 0.5) is 0 Å². The number of ether oxygens (including phenoxy) is 2. The van der Waals surface area contributed by atoms with Gasteiger partial charge in [0.1, 0.15) is 5.78 Å². The number of hydrogen-bond acceptors (Lipinski definition) is 7. The van der Waals surface area contributed by atoms with E-state index in [4.69, 9.17) is 9.47 Å². The van der Waals surface area contributed by atoms with Crippen molar-refractivity contribution in [1.82, 2.24) is 5.32 Å². The SMILES string of the molecule is CCOc1cc(C2C(C(=O)OCC(C)C)=C(C)NC3=CC(c4cccs4)CC(=O)C32)ccc1O. The molecule has 0 amide bonds. The smallest absolute Gasteiger partial charge is 0.336 e. The van der Waals surface area contributed by atoms with Crippen molar-refractivity contribution < 1.29 is 24.2 Å². The average molecular weight is 482 g/mol. The number of thiophene rings is 1. The number of phenolic OH excluding ortho intramolecular Hbond substituents is 1. The van der Waals surface area contributed by atoms with Gasteiger partial charge in [-0.1, -0.05) is 32.1 Å². The summed E-state index contributed by atoms with van der Waals surface area (Å²) in [5, 5.41) is 15.6. The minimum atomic E-state index is -0.541. The molecule has 3 unspecified atom stereocenters. The number of esters is 1. The van der Waals surface area contributed by atoms with E-state index in [-0.39, 0.29) is 23.4 Å². The molecule has 0 spiro atoms. The molecule has 2 heterocycles. The number of nitrogens with one attached hydrogen (secondary N) is 1. The summed E-state index contributed by atoms with van der Waals surface area (Å²) in [6.45, 7) is 8.33. The summed E-state index contributed by atoms with van der Waals surface area (Å²) in [5.74, 6) is -0.888. The van der Waals surface area contributed by atoms with Gasteiger partial charge in [0, 0.05) is 34.5 Å². The lowest BCUT2D eigenvalue weighted by atomic mass is 9.69. The van der Waals surface area contributed by atoms with Crippen LogP contribution >= 0.6 is 11.3 Å². The molecule has 2 N–H and O–H groups in total. The highest BCUT2D eigenvalue weighted by atomic mass is 32.1. The van der Waals surface area contributed by atoms with E-state index in [2.05, 4.69) is 11.4 Å². The van der Waals surface area contributed by atoms with Crippen molar-refractivity contribution in [1.29, 1.82) is 0 Å². The van der Waals surface area contributed by atoms with Crippen LogP contribution in [0.5, 0.6) is 11.5 Å². The summed E-state index contributed by atoms with van der Waals surface area (Å²) in [6.07, 6.45) is 2.49. The maximum Gasteiger partial charge on any atom is 0.336 e. The minimum Gasteiger partial charge on any atom is -0.504 e. The zero-order valence-electron chi connectivity index (χ0n) is 20.0. The third kappa shape index (κ3) is 4.75. The maximum absolute atomic E-state index is 13.6. The van der Waals surface area contributed by atoms with Gasteiger partial charge in [0.05, 0.1) is 24.7 Å². The molecule has 2 aromatic rings. The first-order valence-electron chi connectivity index (χ1n) is 11.7. The largest absolute Gasteiger partial charge is 0.504 e. The van der Waals surface area contributed by atoms with Gasteiger partial charge in [0.2, 0.25) is 0 Å². The lowest BCUT2D eigenvalue weighted by molar-refractivity contribution is -0.140. The van der Waals surface area contributed by atoms with Gasteiger partial charge in [-0.05, 0) is 48.9 Å².